The Hall–Kier alpha value is -0.996. The average Bonchev–Trinajstić information content (AvgIpc) is 2.86. The molecule has 2 rings (SSSR count). The number of carbonyl (C=O) groups excluding carboxylic acids is 2. The van der Waals surface area contributed by atoms with Crippen molar-refractivity contribution in [2.75, 3.05) is 6.61 Å². The summed E-state index contributed by atoms with van der Waals surface area (Å²) in [7, 11) is -11.2. The number of carbonyl (C=O) groups is 2. The summed E-state index contributed by atoms with van der Waals surface area (Å²) in [6.45, 7) is 33.2. The summed E-state index contributed by atoms with van der Waals surface area (Å²) < 4.78 is 47.1. The van der Waals surface area contributed by atoms with Gasteiger partial charge in [-0.25, -0.2) is 4.79 Å². The molecule has 1 fully saturated rings. The van der Waals surface area contributed by atoms with Crippen molar-refractivity contribution >= 4 is 53.5 Å². The van der Waals surface area contributed by atoms with Crippen LogP contribution in [0, 0.1) is 0 Å². The number of nitrogens with one attached hydrogen (secondary N) is 1. The number of amides is 1. The minimum absolute atomic E-state index is 0.0429. The van der Waals surface area contributed by atoms with E-state index in [1.54, 1.807) is 0 Å². The van der Waals surface area contributed by atoms with E-state index >= 15 is 0 Å². The Morgan fingerprint density at radius 3 is 1.83 bits per heavy atom. The normalized spacial score (nSPS) is 24.1. The minimum atomic E-state index is -2.48. The van der Waals surface area contributed by atoms with E-state index < -0.39 is 83.8 Å². The molecule has 0 unspecified atom stereocenters. The van der Waals surface area contributed by atoms with Crippen LogP contribution in [0.4, 0.5) is 0 Å². The summed E-state index contributed by atoms with van der Waals surface area (Å²) in [6.07, 6.45) is -2.77. The molecule has 1 N–H and O–H groups in total. The fourth-order valence-corrected chi connectivity index (χ4v) is 10.7. The van der Waals surface area contributed by atoms with Crippen LogP contribution in [0.1, 0.15) is 18.9 Å². The Morgan fingerprint density at radius 1 is 0.812 bits per heavy atom. The summed E-state index contributed by atoms with van der Waals surface area (Å²) in [4.78, 5) is 27.4. The van der Waals surface area contributed by atoms with Gasteiger partial charge < -0.3 is 36.9 Å². The van der Waals surface area contributed by atoms with Gasteiger partial charge in [-0.1, -0.05) is 30.3 Å². The first-order chi connectivity index (χ1) is 21.6. The lowest BCUT2D eigenvalue weighted by Gasteiger charge is -2.53. The first kappa shape index (κ1) is 43.2. The molecule has 1 aliphatic heterocycles. The predicted molar refractivity (Wildman–Crippen MR) is 204 cm³/mol. The van der Waals surface area contributed by atoms with Crippen LogP contribution in [0.2, 0.25) is 98.2 Å². The van der Waals surface area contributed by atoms with Crippen molar-refractivity contribution in [3.63, 3.8) is 0 Å². The topological polar surface area (TPSA) is 111 Å². The molecule has 1 aromatic carbocycles. The number of ether oxygens (including phenoxy) is 2. The van der Waals surface area contributed by atoms with Crippen molar-refractivity contribution in [3.8, 4) is 0 Å². The van der Waals surface area contributed by atoms with Crippen LogP contribution in [0.25, 0.3) is 0 Å². The highest BCUT2D eigenvalue weighted by Crippen LogP contribution is 2.40. The lowest BCUT2D eigenvalue weighted by atomic mass is 9.88. The molecule has 0 aromatic heterocycles. The molecule has 0 saturated carbocycles. The Balaban J connectivity index is 2.86. The molecule has 276 valence electrons. The molecule has 6 atom stereocenters. The molecule has 0 radical (unpaired) electrons. The molecule has 1 heterocycles. The molecular formula is C33H65NO9Si5. The van der Waals surface area contributed by atoms with Crippen LogP contribution in [0.5, 0.6) is 0 Å². The van der Waals surface area contributed by atoms with Gasteiger partial charge in [-0.2, -0.15) is 0 Å². The largest absolute Gasteiger partial charge is 0.457 e. The molecule has 1 saturated heterocycles. The van der Waals surface area contributed by atoms with Gasteiger partial charge in [-0.05, 0) is 104 Å². The van der Waals surface area contributed by atoms with Crippen LogP contribution in [0.15, 0.2) is 30.3 Å². The molecule has 0 bridgehead atoms. The van der Waals surface area contributed by atoms with Crippen molar-refractivity contribution in [2.45, 2.75) is 154 Å². The molecule has 1 aliphatic rings. The van der Waals surface area contributed by atoms with Gasteiger partial charge in [0.25, 0.3) is 5.79 Å². The fourth-order valence-electron chi connectivity index (χ4n) is 5.51. The van der Waals surface area contributed by atoms with Crippen LogP contribution >= 0.6 is 0 Å². The van der Waals surface area contributed by atoms with Crippen LogP contribution in [0.3, 0.4) is 0 Å². The first-order valence-electron chi connectivity index (χ1n) is 17.1. The van der Waals surface area contributed by atoms with Crippen molar-refractivity contribution in [3.05, 3.63) is 35.9 Å². The van der Waals surface area contributed by atoms with Gasteiger partial charge >= 0.3 is 5.97 Å². The third-order valence-corrected chi connectivity index (χ3v) is 11.8. The van der Waals surface area contributed by atoms with E-state index in [0.717, 1.165) is 5.56 Å². The standard InChI is InChI=1S/C33H65NO9Si5/c1-25(35)34-29-27(40-45(5,6)7)22-33(43-48(14,15)16,32(36)37-23-26-20-18-17-19-21-26)39-31(29)30(42-47(11,12)13)28(41-46(8,9)10)24-38-44(2,3)4/h17-21,27-31H,22-24H2,1-16H3,(H,34,35)/t27-,28+,29+,30+,31+,33+/m0/s1. The highest BCUT2D eigenvalue weighted by atomic mass is 28.4. The molecule has 15 heteroatoms. The molecule has 1 amide bonds. The maximum absolute atomic E-state index is 14.5. The maximum atomic E-state index is 14.5. The zero-order valence-electron chi connectivity index (χ0n) is 32.6. The number of rotatable bonds is 17. The molecule has 0 spiro atoms. The predicted octanol–water partition coefficient (Wildman–Crippen LogP) is 7.08. The van der Waals surface area contributed by atoms with E-state index in [1.165, 1.54) is 6.92 Å². The average molecular weight is 760 g/mol. The first-order valence-corrected chi connectivity index (χ1v) is 34.2. The van der Waals surface area contributed by atoms with E-state index in [-0.39, 0.29) is 25.5 Å². The smallest absolute Gasteiger partial charge is 0.366 e. The van der Waals surface area contributed by atoms with Gasteiger partial charge in [0.05, 0.1) is 24.9 Å². The maximum Gasteiger partial charge on any atom is 0.366 e. The number of hydrogen-bond donors (Lipinski definition) is 1. The summed E-state index contributed by atoms with van der Waals surface area (Å²) in [6, 6.07) is 8.86. The third-order valence-electron chi connectivity index (χ3n) is 6.79. The minimum Gasteiger partial charge on any atom is -0.457 e. The van der Waals surface area contributed by atoms with Crippen LogP contribution in [-0.2, 0) is 47.8 Å². The van der Waals surface area contributed by atoms with Crippen LogP contribution < -0.4 is 5.32 Å². The molecule has 48 heavy (non-hydrogen) atoms. The summed E-state index contributed by atoms with van der Waals surface area (Å²) in [5.74, 6) is -2.68. The van der Waals surface area contributed by atoms with Gasteiger partial charge in [-0.15, -0.1) is 0 Å². The van der Waals surface area contributed by atoms with Crippen molar-refractivity contribution in [1.82, 2.24) is 5.32 Å². The fraction of sp³-hybridized carbons (Fsp3) is 0.758. The van der Waals surface area contributed by atoms with Crippen molar-refractivity contribution in [2.24, 2.45) is 0 Å². The molecule has 0 aliphatic carbocycles. The molecule has 1 aromatic rings. The SMILES string of the molecule is CC(=O)N[C@H]1[C@H]([C@H](O[Si](C)(C)C)[C@@H](CO[Si](C)(C)C)O[Si](C)(C)C)O[C@](O[Si](C)(C)C)(C(=O)OCc2ccccc2)C[C@@H]1O[Si](C)(C)C. The summed E-state index contributed by atoms with van der Waals surface area (Å²) >= 11 is 0. The van der Waals surface area contributed by atoms with E-state index in [9.17, 15) is 9.59 Å². The summed E-state index contributed by atoms with van der Waals surface area (Å²) in [5, 5.41) is 3.15. The van der Waals surface area contributed by atoms with Gasteiger partial charge in [-0.3, -0.25) is 4.79 Å². The lowest BCUT2D eigenvalue weighted by Crippen LogP contribution is -2.71. The Labute approximate surface area is 295 Å². The molecule has 10 nitrogen and oxygen atoms in total. The Bertz CT molecular complexity index is 1190. The highest BCUT2D eigenvalue weighted by Gasteiger charge is 2.59. The van der Waals surface area contributed by atoms with E-state index in [4.69, 9.17) is 31.6 Å². The van der Waals surface area contributed by atoms with Crippen molar-refractivity contribution in [1.29, 1.82) is 0 Å². The van der Waals surface area contributed by atoms with Gasteiger partial charge in [0.1, 0.15) is 18.8 Å². The van der Waals surface area contributed by atoms with E-state index in [0.29, 0.717) is 0 Å². The van der Waals surface area contributed by atoms with Gasteiger partial charge in [0.2, 0.25) is 5.91 Å². The monoisotopic (exact) mass is 759 g/mol. The van der Waals surface area contributed by atoms with E-state index in [1.807, 2.05) is 50.0 Å². The molecular weight excluding hydrogens is 695 g/mol. The lowest BCUT2D eigenvalue weighted by molar-refractivity contribution is -0.286. The second-order valence-corrected chi connectivity index (χ2v) is 40.0. The summed E-state index contributed by atoms with van der Waals surface area (Å²) in [5.41, 5.74) is 0.847. The quantitative estimate of drug-likeness (QED) is 0.132. The van der Waals surface area contributed by atoms with Crippen LogP contribution in [-0.4, -0.2) is 96.3 Å². The number of esters is 1. The Kier molecular flexibility index (Phi) is 14.9. The second kappa shape index (κ2) is 16.6. The number of hydrogen-bond acceptors (Lipinski definition) is 9. The highest BCUT2D eigenvalue weighted by molar-refractivity contribution is 6.71. The Morgan fingerprint density at radius 2 is 1.38 bits per heavy atom. The van der Waals surface area contributed by atoms with Gasteiger partial charge in [0, 0.05) is 13.3 Å². The number of benzene rings is 1. The zero-order chi connectivity index (χ0) is 36.9. The van der Waals surface area contributed by atoms with Gasteiger partial charge in [0.15, 0.2) is 41.6 Å². The third kappa shape index (κ3) is 15.5. The van der Waals surface area contributed by atoms with Crippen molar-refractivity contribution < 1.29 is 41.2 Å². The second-order valence-electron chi connectivity index (χ2n) is 17.7. The zero-order valence-corrected chi connectivity index (χ0v) is 37.6. The van der Waals surface area contributed by atoms with E-state index in [2.05, 4.69) is 83.9 Å².